The van der Waals surface area contributed by atoms with Crippen molar-refractivity contribution >= 4 is 16.5 Å². The van der Waals surface area contributed by atoms with E-state index in [1.807, 2.05) is 19.2 Å². The Hall–Kier alpha value is -0.650. The molecule has 0 atom stereocenters. The van der Waals surface area contributed by atoms with Crippen molar-refractivity contribution in [2.45, 2.75) is 25.8 Å². The number of aromatic nitrogens is 1. The molecule has 3 N–H and O–H groups in total. The molecule has 4 nitrogen and oxygen atoms in total. The predicted octanol–water partition coefficient (Wildman–Crippen LogP) is 0.997. The zero-order valence-electron chi connectivity index (χ0n) is 8.45. The first kappa shape index (κ1) is 11.4. The molecule has 14 heavy (non-hydrogen) atoms. The van der Waals surface area contributed by atoms with Crippen LogP contribution in [0.1, 0.15) is 19.0 Å². The molecule has 5 heteroatoms. The van der Waals surface area contributed by atoms with Gasteiger partial charge in [0.15, 0.2) is 5.13 Å². The van der Waals surface area contributed by atoms with Crippen LogP contribution in [-0.2, 0) is 0 Å². The third kappa shape index (κ3) is 2.43. The van der Waals surface area contributed by atoms with Crippen molar-refractivity contribution in [3.63, 3.8) is 0 Å². The van der Waals surface area contributed by atoms with Crippen LogP contribution in [0.4, 0.5) is 5.13 Å². The molecule has 0 bridgehead atoms. The second-order valence-corrected chi connectivity index (χ2v) is 4.23. The van der Waals surface area contributed by atoms with Gasteiger partial charge in [0.2, 0.25) is 0 Å². The van der Waals surface area contributed by atoms with Crippen LogP contribution in [0.25, 0.3) is 0 Å². The summed E-state index contributed by atoms with van der Waals surface area (Å²) in [6.45, 7) is 3.63. The standard InChI is InChI=1S/C9H16N2O2S/c1-3-9(5-12,6-13)11-8-10-7(2)4-14-8/h4,12-13H,3,5-6H2,1-2H3,(H,10,11). The fourth-order valence-electron chi connectivity index (χ4n) is 1.08. The van der Waals surface area contributed by atoms with Crippen molar-refractivity contribution in [1.82, 2.24) is 4.98 Å². The molecule has 1 aromatic rings. The van der Waals surface area contributed by atoms with E-state index in [0.717, 1.165) is 10.8 Å². The highest BCUT2D eigenvalue weighted by Crippen LogP contribution is 2.21. The van der Waals surface area contributed by atoms with Crippen molar-refractivity contribution in [2.75, 3.05) is 18.5 Å². The van der Waals surface area contributed by atoms with Crippen molar-refractivity contribution in [3.05, 3.63) is 11.1 Å². The molecule has 80 valence electrons. The number of hydrogen-bond acceptors (Lipinski definition) is 5. The number of nitrogens with zero attached hydrogens (tertiary/aromatic N) is 1. The van der Waals surface area contributed by atoms with E-state index in [1.165, 1.54) is 11.3 Å². The SMILES string of the molecule is CCC(CO)(CO)Nc1nc(C)cs1. The molecule has 0 saturated heterocycles. The normalized spacial score (nSPS) is 11.7. The molecule has 0 aliphatic rings. The van der Waals surface area contributed by atoms with Crippen LogP contribution in [0.3, 0.4) is 0 Å². The van der Waals surface area contributed by atoms with Gasteiger partial charge < -0.3 is 15.5 Å². The lowest BCUT2D eigenvalue weighted by Crippen LogP contribution is -2.45. The number of aliphatic hydroxyl groups excluding tert-OH is 2. The first-order valence-electron chi connectivity index (χ1n) is 4.58. The summed E-state index contributed by atoms with van der Waals surface area (Å²) in [7, 11) is 0. The largest absolute Gasteiger partial charge is 0.394 e. The van der Waals surface area contributed by atoms with Crippen LogP contribution in [0.15, 0.2) is 5.38 Å². The highest BCUT2D eigenvalue weighted by atomic mass is 32.1. The summed E-state index contributed by atoms with van der Waals surface area (Å²) in [5, 5.41) is 24.1. The van der Waals surface area contributed by atoms with E-state index < -0.39 is 5.54 Å². The van der Waals surface area contributed by atoms with Crippen LogP contribution in [-0.4, -0.2) is 33.9 Å². The third-order valence-electron chi connectivity index (χ3n) is 2.27. The monoisotopic (exact) mass is 216 g/mol. The van der Waals surface area contributed by atoms with Gasteiger partial charge in [-0.15, -0.1) is 11.3 Å². The van der Waals surface area contributed by atoms with Gasteiger partial charge in [0.05, 0.1) is 24.4 Å². The van der Waals surface area contributed by atoms with Crippen LogP contribution in [0.5, 0.6) is 0 Å². The fourth-order valence-corrected chi connectivity index (χ4v) is 1.89. The quantitative estimate of drug-likeness (QED) is 0.687. The Morgan fingerprint density at radius 1 is 1.50 bits per heavy atom. The Morgan fingerprint density at radius 3 is 2.50 bits per heavy atom. The number of anilines is 1. The van der Waals surface area contributed by atoms with Gasteiger partial charge in [-0.05, 0) is 13.3 Å². The molecule has 1 heterocycles. The Labute approximate surface area is 87.6 Å². The maximum Gasteiger partial charge on any atom is 0.183 e. The maximum atomic E-state index is 9.20. The summed E-state index contributed by atoms with van der Waals surface area (Å²) < 4.78 is 0. The topological polar surface area (TPSA) is 65.4 Å². The molecule has 0 aromatic carbocycles. The molecule has 0 fully saturated rings. The molecule has 0 aliphatic carbocycles. The summed E-state index contributed by atoms with van der Waals surface area (Å²) in [4.78, 5) is 4.22. The molecule has 0 amide bonds. The van der Waals surface area contributed by atoms with Gasteiger partial charge in [0.25, 0.3) is 0 Å². The molecule has 0 spiro atoms. The van der Waals surface area contributed by atoms with Gasteiger partial charge in [-0.3, -0.25) is 0 Å². The summed E-state index contributed by atoms with van der Waals surface area (Å²) in [6, 6.07) is 0. The Morgan fingerprint density at radius 2 is 2.14 bits per heavy atom. The van der Waals surface area contributed by atoms with Gasteiger partial charge in [0, 0.05) is 5.38 Å². The van der Waals surface area contributed by atoms with Crippen molar-refractivity contribution in [3.8, 4) is 0 Å². The maximum absolute atomic E-state index is 9.20. The summed E-state index contributed by atoms with van der Waals surface area (Å²) >= 11 is 1.48. The van der Waals surface area contributed by atoms with Gasteiger partial charge in [-0.1, -0.05) is 6.92 Å². The van der Waals surface area contributed by atoms with Crippen LogP contribution >= 0.6 is 11.3 Å². The number of rotatable bonds is 5. The minimum atomic E-state index is -0.649. The number of aliphatic hydroxyl groups is 2. The fraction of sp³-hybridized carbons (Fsp3) is 0.667. The third-order valence-corrected chi connectivity index (χ3v) is 3.15. The summed E-state index contributed by atoms with van der Waals surface area (Å²) in [5.41, 5.74) is 0.294. The minimum absolute atomic E-state index is 0.0986. The Bertz CT molecular complexity index is 276. The van der Waals surface area contributed by atoms with Crippen LogP contribution in [0, 0.1) is 6.92 Å². The summed E-state index contributed by atoms with van der Waals surface area (Å²) in [5.74, 6) is 0. The van der Waals surface area contributed by atoms with Gasteiger partial charge >= 0.3 is 0 Å². The van der Waals surface area contributed by atoms with Crippen molar-refractivity contribution in [2.24, 2.45) is 0 Å². The zero-order valence-corrected chi connectivity index (χ0v) is 9.27. The molecular formula is C9H16N2O2S. The van der Waals surface area contributed by atoms with E-state index in [1.54, 1.807) is 0 Å². The van der Waals surface area contributed by atoms with Gasteiger partial charge in [0.1, 0.15) is 0 Å². The minimum Gasteiger partial charge on any atom is -0.394 e. The van der Waals surface area contributed by atoms with E-state index in [0.29, 0.717) is 6.42 Å². The molecule has 0 radical (unpaired) electrons. The number of thiazole rings is 1. The first-order chi connectivity index (χ1) is 6.65. The lowest BCUT2D eigenvalue weighted by Gasteiger charge is -2.29. The predicted molar refractivity (Wildman–Crippen MR) is 57.7 cm³/mol. The van der Waals surface area contributed by atoms with Gasteiger partial charge in [-0.2, -0.15) is 0 Å². The van der Waals surface area contributed by atoms with Gasteiger partial charge in [-0.25, -0.2) is 4.98 Å². The summed E-state index contributed by atoms with van der Waals surface area (Å²) in [6.07, 6.45) is 0.651. The highest BCUT2D eigenvalue weighted by molar-refractivity contribution is 7.13. The number of nitrogens with one attached hydrogen (secondary N) is 1. The van der Waals surface area contributed by atoms with E-state index in [-0.39, 0.29) is 13.2 Å². The molecule has 0 aliphatic heterocycles. The second-order valence-electron chi connectivity index (χ2n) is 3.37. The lowest BCUT2D eigenvalue weighted by atomic mass is 9.99. The molecule has 0 saturated carbocycles. The molecular weight excluding hydrogens is 200 g/mol. The van der Waals surface area contributed by atoms with E-state index >= 15 is 0 Å². The second kappa shape index (κ2) is 4.72. The number of aryl methyl sites for hydroxylation is 1. The van der Waals surface area contributed by atoms with E-state index in [2.05, 4.69) is 10.3 Å². The van der Waals surface area contributed by atoms with E-state index in [9.17, 15) is 10.2 Å². The smallest absolute Gasteiger partial charge is 0.183 e. The van der Waals surface area contributed by atoms with Crippen LogP contribution in [0.2, 0.25) is 0 Å². The lowest BCUT2D eigenvalue weighted by molar-refractivity contribution is 0.132. The van der Waals surface area contributed by atoms with Crippen molar-refractivity contribution in [1.29, 1.82) is 0 Å². The van der Waals surface area contributed by atoms with Crippen molar-refractivity contribution < 1.29 is 10.2 Å². The first-order valence-corrected chi connectivity index (χ1v) is 5.46. The van der Waals surface area contributed by atoms with Crippen LogP contribution < -0.4 is 5.32 Å². The molecule has 1 rings (SSSR count). The van der Waals surface area contributed by atoms with E-state index in [4.69, 9.17) is 0 Å². The Kier molecular flexibility index (Phi) is 3.86. The molecule has 1 aromatic heterocycles. The average molecular weight is 216 g/mol. The highest BCUT2D eigenvalue weighted by Gasteiger charge is 2.27. The average Bonchev–Trinajstić information content (AvgIpc) is 2.61. The molecule has 0 unspecified atom stereocenters. The Balaban J connectivity index is 2.73. The zero-order chi connectivity index (χ0) is 10.6. The number of hydrogen-bond donors (Lipinski definition) is 3.